The number of hydrogen-bond acceptors (Lipinski definition) is 5. The number of methoxy groups -OCH3 is 1. The number of benzene rings is 1. The van der Waals surface area contributed by atoms with Crippen LogP contribution in [0.15, 0.2) is 30.3 Å². The molecule has 0 bridgehead atoms. The molecular weight excluding hydrogens is 260 g/mol. The maximum absolute atomic E-state index is 11.7. The molecule has 20 heavy (non-hydrogen) atoms. The van der Waals surface area contributed by atoms with Crippen molar-refractivity contribution in [3.05, 3.63) is 35.9 Å². The summed E-state index contributed by atoms with van der Waals surface area (Å²) in [5, 5.41) is 0. The van der Waals surface area contributed by atoms with E-state index in [2.05, 4.69) is 0 Å². The summed E-state index contributed by atoms with van der Waals surface area (Å²) < 4.78 is 20.6. The summed E-state index contributed by atoms with van der Waals surface area (Å²) in [5.74, 6) is -0.0199. The molecule has 0 saturated carbocycles. The molecule has 0 amide bonds. The van der Waals surface area contributed by atoms with Crippen LogP contribution in [0.2, 0.25) is 0 Å². The fourth-order valence-corrected chi connectivity index (χ4v) is 1.45. The van der Waals surface area contributed by atoms with Crippen molar-refractivity contribution in [2.24, 2.45) is 0 Å². The molecule has 0 atom stereocenters. The molecule has 1 aromatic carbocycles. The average molecular weight is 282 g/mol. The Kier molecular flexibility index (Phi) is 9.69. The van der Waals surface area contributed by atoms with Gasteiger partial charge in [0.05, 0.1) is 39.6 Å². The lowest BCUT2D eigenvalue weighted by Gasteiger charge is -2.06. The van der Waals surface area contributed by atoms with Crippen molar-refractivity contribution in [3.63, 3.8) is 0 Å². The minimum absolute atomic E-state index is 0.0199. The van der Waals surface area contributed by atoms with Gasteiger partial charge < -0.3 is 18.9 Å². The maximum Gasteiger partial charge on any atom is 0.188 e. The first-order valence-corrected chi connectivity index (χ1v) is 6.65. The van der Waals surface area contributed by atoms with Crippen LogP contribution < -0.4 is 0 Å². The molecule has 0 N–H and O–H groups in total. The van der Waals surface area contributed by atoms with Crippen molar-refractivity contribution < 1.29 is 23.7 Å². The van der Waals surface area contributed by atoms with E-state index in [1.54, 1.807) is 19.2 Å². The minimum Gasteiger partial charge on any atom is -0.382 e. The van der Waals surface area contributed by atoms with Gasteiger partial charge in [-0.25, -0.2) is 0 Å². The first kappa shape index (κ1) is 16.8. The van der Waals surface area contributed by atoms with Crippen LogP contribution >= 0.6 is 0 Å². The molecule has 5 heteroatoms. The molecule has 0 spiro atoms. The van der Waals surface area contributed by atoms with E-state index < -0.39 is 0 Å². The second kappa shape index (κ2) is 11.5. The summed E-state index contributed by atoms with van der Waals surface area (Å²) in [7, 11) is 1.63. The average Bonchev–Trinajstić information content (AvgIpc) is 2.50. The third kappa shape index (κ3) is 8.01. The normalized spacial score (nSPS) is 10.7. The van der Waals surface area contributed by atoms with Gasteiger partial charge in [0.2, 0.25) is 0 Å². The Hall–Kier alpha value is -1.27. The Labute approximate surface area is 119 Å². The van der Waals surface area contributed by atoms with Crippen LogP contribution in [0.5, 0.6) is 0 Å². The highest BCUT2D eigenvalue weighted by atomic mass is 16.6. The Bertz CT molecular complexity index is 353. The topological polar surface area (TPSA) is 54.0 Å². The third-order valence-corrected chi connectivity index (χ3v) is 2.50. The lowest BCUT2D eigenvalue weighted by atomic mass is 10.1. The monoisotopic (exact) mass is 282 g/mol. The third-order valence-electron chi connectivity index (χ3n) is 2.50. The van der Waals surface area contributed by atoms with Gasteiger partial charge in [-0.05, 0) is 0 Å². The Morgan fingerprint density at radius 1 is 0.850 bits per heavy atom. The lowest BCUT2D eigenvalue weighted by Crippen LogP contribution is -2.14. The van der Waals surface area contributed by atoms with Crippen LogP contribution in [-0.4, -0.2) is 59.1 Å². The van der Waals surface area contributed by atoms with Gasteiger partial charge in [-0.15, -0.1) is 0 Å². The number of carbonyl (C=O) groups is 1. The van der Waals surface area contributed by atoms with Crippen molar-refractivity contribution in [2.45, 2.75) is 0 Å². The van der Waals surface area contributed by atoms with Gasteiger partial charge in [0.1, 0.15) is 6.61 Å². The summed E-state index contributed by atoms with van der Waals surface area (Å²) in [6, 6.07) is 9.10. The summed E-state index contributed by atoms with van der Waals surface area (Å²) in [4.78, 5) is 11.7. The number of rotatable bonds is 12. The number of hydrogen-bond donors (Lipinski definition) is 0. The van der Waals surface area contributed by atoms with Crippen LogP contribution in [-0.2, 0) is 18.9 Å². The second-order valence-electron chi connectivity index (χ2n) is 4.06. The molecule has 1 rings (SSSR count). The van der Waals surface area contributed by atoms with Gasteiger partial charge in [-0.3, -0.25) is 4.79 Å². The zero-order valence-corrected chi connectivity index (χ0v) is 11.9. The highest BCUT2D eigenvalue weighted by Crippen LogP contribution is 1.99. The van der Waals surface area contributed by atoms with Crippen molar-refractivity contribution in [3.8, 4) is 0 Å². The largest absolute Gasteiger partial charge is 0.382 e. The molecular formula is C15H22O5. The minimum atomic E-state index is -0.0199. The standard InChI is InChI=1S/C15H22O5/c1-17-7-8-18-9-10-19-11-12-20-13-15(16)14-5-3-2-4-6-14/h2-6H,7-13H2,1H3. The quantitative estimate of drug-likeness (QED) is 0.430. The van der Waals surface area contributed by atoms with E-state index in [4.69, 9.17) is 18.9 Å². The molecule has 0 heterocycles. The van der Waals surface area contributed by atoms with Crippen LogP contribution in [0.25, 0.3) is 0 Å². The number of carbonyl (C=O) groups excluding carboxylic acids is 1. The fourth-order valence-electron chi connectivity index (χ4n) is 1.45. The van der Waals surface area contributed by atoms with Crippen LogP contribution in [0.3, 0.4) is 0 Å². The van der Waals surface area contributed by atoms with Crippen molar-refractivity contribution in [2.75, 3.05) is 53.4 Å². The van der Waals surface area contributed by atoms with Gasteiger partial charge in [-0.1, -0.05) is 30.3 Å². The van der Waals surface area contributed by atoms with E-state index in [9.17, 15) is 4.79 Å². The van der Waals surface area contributed by atoms with Gasteiger partial charge in [0.15, 0.2) is 5.78 Å². The molecule has 5 nitrogen and oxygen atoms in total. The summed E-state index contributed by atoms with van der Waals surface area (Å²) in [6.45, 7) is 3.14. The van der Waals surface area contributed by atoms with Crippen LogP contribution in [0.4, 0.5) is 0 Å². The van der Waals surface area contributed by atoms with Gasteiger partial charge in [-0.2, -0.15) is 0 Å². The molecule has 0 saturated heterocycles. The van der Waals surface area contributed by atoms with Gasteiger partial charge >= 0.3 is 0 Å². The lowest BCUT2D eigenvalue weighted by molar-refractivity contribution is 0.00492. The SMILES string of the molecule is COCCOCCOCCOCC(=O)c1ccccc1. The fraction of sp³-hybridized carbons (Fsp3) is 0.533. The number of ether oxygens (including phenoxy) is 4. The highest BCUT2D eigenvalue weighted by Gasteiger charge is 2.04. The second-order valence-corrected chi connectivity index (χ2v) is 4.06. The van der Waals surface area contributed by atoms with E-state index in [-0.39, 0.29) is 12.4 Å². The van der Waals surface area contributed by atoms with Gasteiger partial charge in [0, 0.05) is 12.7 Å². The van der Waals surface area contributed by atoms with Crippen molar-refractivity contribution >= 4 is 5.78 Å². The predicted octanol–water partition coefficient (Wildman–Crippen LogP) is 1.57. The molecule has 0 fully saturated rings. The Morgan fingerprint density at radius 2 is 1.40 bits per heavy atom. The first-order chi connectivity index (χ1) is 9.84. The summed E-state index contributed by atoms with van der Waals surface area (Å²) in [5.41, 5.74) is 0.667. The van der Waals surface area contributed by atoms with Gasteiger partial charge in [0.25, 0.3) is 0 Å². The molecule has 0 aliphatic rings. The molecule has 0 aliphatic carbocycles. The first-order valence-electron chi connectivity index (χ1n) is 6.65. The van der Waals surface area contributed by atoms with E-state index in [1.807, 2.05) is 18.2 Å². The molecule has 0 radical (unpaired) electrons. The molecule has 0 aliphatic heterocycles. The molecule has 112 valence electrons. The summed E-state index contributed by atoms with van der Waals surface area (Å²) >= 11 is 0. The maximum atomic E-state index is 11.7. The van der Waals surface area contributed by atoms with Crippen molar-refractivity contribution in [1.29, 1.82) is 0 Å². The number of Topliss-reactive ketones (excluding diaryl/α,β-unsaturated/α-hetero) is 1. The predicted molar refractivity (Wildman–Crippen MR) is 75.1 cm³/mol. The smallest absolute Gasteiger partial charge is 0.188 e. The van der Waals surface area contributed by atoms with Crippen LogP contribution in [0.1, 0.15) is 10.4 Å². The van der Waals surface area contributed by atoms with E-state index >= 15 is 0 Å². The van der Waals surface area contributed by atoms with E-state index in [1.165, 1.54) is 0 Å². The Balaban J connectivity index is 1.91. The van der Waals surface area contributed by atoms with Crippen LogP contribution in [0, 0.1) is 0 Å². The van der Waals surface area contributed by atoms with Crippen molar-refractivity contribution in [1.82, 2.24) is 0 Å². The highest BCUT2D eigenvalue weighted by molar-refractivity contribution is 5.96. The molecule has 0 unspecified atom stereocenters. The Morgan fingerprint density at radius 3 is 2.00 bits per heavy atom. The number of ketones is 1. The van der Waals surface area contributed by atoms with E-state index in [0.29, 0.717) is 45.2 Å². The van der Waals surface area contributed by atoms with E-state index in [0.717, 1.165) is 0 Å². The molecule has 1 aromatic rings. The zero-order valence-electron chi connectivity index (χ0n) is 11.9. The summed E-state index contributed by atoms with van der Waals surface area (Å²) in [6.07, 6.45) is 0. The molecule has 0 aromatic heterocycles. The zero-order chi connectivity index (χ0) is 14.5.